The highest BCUT2D eigenvalue weighted by atomic mass is 79.9. The van der Waals surface area contributed by atoms with Gasteiger partial charge in [0.25, 0.3) is 0 Å². The van der Waals surface area contributed by atoms with Crippen LogP contribution in [-0.2, 0) is 12.8 Å². The summed E-state index contributed by atoms with van der Waals surface area (Å²) in [5.74, 6) is 0.803. The molecule has 0 radical (unpaired) electrons. The molecular formula is C17H19BrO2. The number of aliphatic hydroxyl groups is 1. The largest absolute Gasteiger partial charge is 0.497 e. The first kappa shape index (κ1) is 15.1. The van der Waals surface area contributed by atoms with Crippen LogP contribution in [0.2, 0.25) is 0 Å². The van der Waals surface area contributed by atoms with Crippen molar-refractivity contribution in [2.75, 3.05) is 7.11 Å². The third-order valence-corrected chi connectivity index (χ3v) is 4.21. The fourth-order valence-electron chi connectivity index (χ4n) is 2.14. The summed E-state index contributed by atoms with van der Waals surface area (Å²) in [5.41, 5.74) is 3.26. The lowest BCUT2D eigenvalue weighted by Gasteiger charge is -2.14. The molecule has 0 amide bonds. The first-order chi connectivity index (χ1) is 9.63. The van der Waals surface area contributed by atoms with Crippen LogP contribution in [0.5, 0.6) is 5.75 Å². The van der Waals surface area contributed by atoms with Gasteiger partial charge in [0, 0.05) is 10.9 Å². The molecule has 0 bridgehead atoms. The molecule has 2 aromatic rings. The number of methoxy groups -OCH3 is 1. The lowest BCUT2D eigenvalue weighted by atomic mass is 10.00. The zero-order chi connectivity index (χ0) is 14.5. The third-order valence-electron chi connectivity index (χ3n) is 3.44. The monoisotopic (exact) mass is 334 g/mol. The van der Waals surface area contributed by atoms with Crippen LogP contribution in [0.25, 0.3) is 0 Å². The highest BCUT2D eigenvalue weighted by Gasteiger charge is 2.11. The fraction of sp³-hybridized carbons (Fsp3) is 0.294. The van der Waals surface area contributed by atoms with E-state index >= 15 is 0 Å². The maximum Gasteiger partial charge on any atom is 0.119 e. The summed E-state index contributed by atoms with van der Waals surface area (Å²) < 4.78 is 6.21. The Labute approximate surface area is 128 Å². The molecule has 2 rings (SSSR count). The second kappa shape index (κ2) is 6.91. The van der Waals surface area contributed by atoms with Crippen molar-refractivity contribution < 1.29 is 9.84 Å². The number of hydrogen-bond acceptors (Lipinski definition) is 2. The maximum absolute atomic E-state index is 10.4. The molecule has 0 saturated heterocycles. The van der Waals surface area contributed by atoms with Crippen LogP contribution in [0.3, 0.4) is 0 Å². The van der Waals surface area contributed by atoms with E-state index < -0.39 is 6.10 Å². The van der Waals surface area contributed by atoms with Crippen molar-refractivity contribution in [1.29, 1.82) is 0 Å². The van der Waals surface area contributed by atoms with Crippen LogP contribution >= 0.6 is 15.9 Å². The summed E-state index contributed by atoms with van der Waals surface area (Å²) in [6.07, 6.45) is 1.06. The van der Waals surface area contributed by atoms with E-state index in [0.29, 0.717) is 6.42 Å². The van der Waals surface area contributed by atoms with Crippen LogP contribution in [0.15, 0.2) is 46.9 Å². The molecule has 0 spiro atoms. The Morgan fingerprint density at radius 1 is 1.15 bits per heavy atom. The Morgan fingerprint density at radius 3 is 2.45 bits per heavy atom. The molecule has 106 valence electrons. The van der Waals surface area contributed by atoms with Gasteiger partial charge in [0.15, 0.2) is 0 Å². The van der Waals surface area contributed by atoms with Crippen LogP contribution in [0.1, 0.15) is 29.7 Å². The van der Waals surface area contributed by atoms with Gasteiger partial charge in [-0.1, -0.05) is 47.1 Å². The highest BCUT2D eigenvalue weighted by molar-refractivity contribution is 9.10. The molecule has 0 saturated carbocycles. The predicted octanol–water partition coefficient (Wildman–Crippen LogP) is 4.30. The van der Waals surface area contributed by atoms with E-state index in [1.807, 2.05) is 30.3 Å². The topological polar surface area (TPSA) is 29.5 Å². The van der Waals surface area contributed by atoms with Crippen LogP contribution in [-0.4, -0.2) is 12.2 Å². The molecule has 1 atom stereocenters. The van der Waals surface area contributed by atoms with Crippen molar-refractivity contribution in [3.05, 3.63) is 63.6 Å². The van der Waals surface area contributed by atoms with Gasteiger partial charge < -0.3 is 9.84 Å². The van der Waals surface area contributed by atoms with Gasteiger partial charge in [0.05, 0.1) is 13.2 Å². The zero-order valence-electron chi connectivity index (χ0n) is 11.8. The van der Waals surface area contributed by atoms with Crippen molar-refractivity contribution in [3.63, 3.8) is 0 Å². The number of halogens is 1. The van der Waals surface area contributed by atoms with Gasteiger partial charge in [0.2, 0.25) is 0 Å². The molecule has 0 aliphatic carbocycles. The summed E-state index contributed by atoms with van der Waals surface area (Å²) in [6, 6.07) is 13.9. The minimum absolute atomic E-state index is 0.510. The Kier molecular flexibility index (Phi) is 5.21. The molecule has 0 aliphatic rings. The Balaban J connectivity index is 2.15. The Hall–Kier alpha value is -1.32. The van der Waals surface area contributed by atoms with Gasteiger partial charge in [-0.25, -0.2) is 0 Å². The molecule has 0 aliphatic heterocycles. The molecule has 0 fully saturated rings. The molecule has 0 aromatic heterocycles. The van der Waals surface area contributed by atoms with Crippen LogP contribution in [0.4, 0.5) is 0 Å². The Bertz CT molecular complexity index is 564. The van der Waals surface area contributed by atoms with Crippen molar-refractivity contribution in [2.24, 2.45) is 0 Å². The highest BCUT2D eigenvalue weighted by Crippen LogP contribution is 2.27. The van der Waals surface area contributed by atoms with E-state index in [9.17, 15) is 5.11 Å². The predicted molar refractivity (Wildman–Crippen MR) is 85.2 cm³/mol. The molecule has 1 N–H and O–H groups in total. The molecule has 1 unspecified atom stereocenters. The Morgan fingerprint density at radius 2 is 1.85 bits per heavy atom. The van der Waals surface area contributed by atoms with E-state index in [2.05, 4.69) is 35.0 Å². The smallest absolute Gasteiger partial charge is 0.119 e. The molecular weight excluding hydrogens is 316 g/mol. The van der Waals surface area contributed by atoms with Crippen LogP contribution in [0, 0.1) is 0 Å². The fourth-order valence-corrected chi connectivity index (χ4v) is 2.54. The lowest BCUT2D eigenvalue weighted by Crippen LogP contribution is -2.03. The van der Waals surface area contributed by atoms with Gasteiger partial charge in [-0.05, 0) is 41.3 Å². The number of aliphatic hydroxyl groups excluding tert-OH is 1. The molecule has 2 aromatic carbocycles. The lowest BCUT2D eigenvalue weighted by molar-refractivity contribution is 0.178. The van der Waals surface area contributed by atoms with Crippen molar-refractivity contribution >= 4 is 15.9 Å². The summed E-state index contributed by atoms with van der Waals surface area (Å²) >= 11 is 3.52. The van der Waals surface area contributed by atoms with E-state index in [1.54, 1.807) is 7.11 Å². The maximum atomic E-state index is 10.4. The van der Waals surface area contributed by atoms with E-state index in [4.69, 9.17) is 4.74 Å². The average Bonchev–Trinajstić information content (AvgIpc) is 2.49. The second-order valence-corrected chi connectivity index (χ2v) is 5.63. The molecule has 2 nitrogen and oxygen atoms in total. The summed E-state index contributed by atoms with van der Waals surface area (Å²) in [7, 11) is 1.65. The second-order valence-electron chi connectivity index (χ2n) is 4.77. The van der Waals surface area contributed by atoms with Crippen molar-refractivity contribution in [3.8, 4) is 5.75 Å². The zero-order valence-corrected chi connectivity index (χ0v) is 13.4. The van der Waals surface area contributed by atoms with E-state index in [0.717, 1.165) is 27.8 Å². The third kappa shape index (κ3) is 3.62. The van der Waals surface area contributed by atoms with E-state index in [-0.39, 0.29) is 0 Å². The quantitative estimate of drug-likeness (QED) is 0.883. The minimum Gasteiger partial charge on any atom is -0.497 e. The van der Waals surface area contributed by atoms with Gasteiger partial charge in [-0.2, -0.15) is 0 Å². The minimum atomic E-state index is -0.510. The van der Waals surface area contributed by atoms with Gasteiger partial charge in [0.1, 0.15) is 5.75 Å². The summed E-state index contributed by atoms with van der Waals surface area (Å²) in [5, 5.41) is 10.4. The number of hydrogen-bond donors (Lipinski definition) is 1. The molecule has 0 heterocycles. The summed E-state index contributed by atoms with van der Waals surface area (Å²) in [6.45, 7) is 2.12. The normalized spacial score (nSPS) is 12.2. The average molecular weight is 335 g/mol. The summed E-state index contributed by atoms with van der Waals surface area (Å²) in [4.78, 5) is 0. The SMILES string of the molecule is CCc1ccc(C(O)Cc2cc(OC)ccc2Br)cc1. The molecule has 3 heteroatoms. The van der Waals surface area contributed by atoms with Gasteiger partial charge in [-0.15, -0.1) is 0 Å². The number of ether oxygens (including phenoxy) is 1. The van der Waals surface area contributed by atoms with Crippen molar-refractivity contribution in [1.82, 2.24) is 0 Å². The molecule has 20 heavy (non-hydrogen) atoms. The number of aryl methyl sites for hydroxylation is 1. The van der Waals surface area contributed by atoms with Gasteiger partial charge in [-0.3, -0.25) is 0 Å². The number of rotatable bonds is 5. The van der Waals surface area contributed by atoms with Gasteiger partial charge >= 0.3 is 0 Å². The van der Waals surface area contributed by atoms with Crippen LogP contribution < -0.4 is 4.74 Å². The van der Waals surface area contributed by atoms with E-state index in [1.165, 1.54) is 5.56 Å². The first-order valence-corrected chi connectivity index (χ1v) is 7.52. The standard InChI is InChI=1S/C17H19BrO2/c1-3-12-4-6-13(7-5-12)17(19)11-14-10-15(20-2)8-9-16(14)18/h4-10,17,19H,3,11H2,1-2H3. The van der Waals surface area contributed by atoms with Crippen molar-refractivity contribution in [2.45, 2.75) is 25.9 Å². The number of benzene rings is 2. The first-order valence-electron chi connectivity index (χ1n) is 6.73.